The largest absolute Gasteiger partial charge is 0.508 e. The summed E-state index contributed by atoms with van der Waals surface area (Å²) in [6, 6.07) is 8.47. The molecule has 10 heteroatoms. The fourth-order valence-corrected chi connectivity index (χ4v) is 3.68. The van der Waals surface area contributed by atoms with Crippen molar-refractivity contribution in [2.24, 2.45) is 0 Å². The lowest BCUT2D eigenvalue weighted by atomic mass is 9.93. The Bertz CT molecular complexity index is 1210. The highest BCUT2D eigenvalue weighted by atomic mass is 16.6. The fraction of sp³-hybridized carbons (Fsp3) is 0.174. The van der Waals surface area contributed by atoms with Crippen molar-refractivity contribution in [1.82, 2.24) is 0 Å². The van der Waals surface area contributed by atoms with Gasteiger partial charge in [0.2, 0.25) is 5.75 Å². The lowest BCUT2D eigenvalue weighted by molar-refractivity contribution is -0.0189. The van der Waals surface area contributed by atoms with Gasteiger partial charge in [-0.3, -0.25) is 0 Å². The van der Waals surface area contributed by atoms with E-state index in [0.717, 1.165) is 18.2 Å². The highest BCUT2D eigenvalue weighted by molar-refractivity contribution is 5.91. The Morgan fingerprint density at radius 1 is 0.879 bits per heavy atom. The van der Waals surface area contributed by atoms with Gasteiger partial charge in [0.15, 0.2) is 29.1 Å². The minimum atomic E-state index is -1.03. The Morgan fingerprint density at radius 2 is 1.58 bits per heavy atom. The molecule has 0 amide bonds. The average molecular weight is 456 g/mol. The van der Waals surface area contributed by atoms with E-state index in [0.29, 0.717) is 5.56 Å². The highest BCUT2D eigenvalue weighted by Crippen LogP contribution is 2.44. The molecule has 3 aromatic carbocycles. The standard InChI is InChI=1S/C23H20O10/c1-31-22-17(28)5-11(6-18(22)29)23(30)33-20-9-13-15(26)7-12(24)8-19(13)32-21(20)10-2-3-14(25)16(27)4-10/h2-8,20-21,24-29H,9H2,1H3. The number of methoxy groups -OCH3 is 1. The monoisotopic (exact) mass is 456 g/mol. The summed E-state index contributed by atoms with van der Waals surface area (Å²) in [7, 11) is 1.24. The maximum atomic E-state index is 12.8. The van der Waals surface area contributed by atoms with Crippen LogP contribution in [0.5, 0.6) is 46.0 Å². The number of fused-ring (bicyclic) bond motifs is 1. The molecule has 3 aromatic rings. The molecule has 0 saturated heterocycles. The summed E-state index contributed by atoms with van der Waals surface area (Å²) < 4.78 is 16.3. The van der Waals surface area contributed by atoms with Crippen LogP contribution in [0.1, 0.15) is 27.6 Å². The first kappa shape index (κ1) is 21.8. The van der Waals surface area contributed by atoms with Gasteiger partial charge in [0, 0.05) is 29.7 Å². The summed E-state index contributed by atoms with van der Waals surface area (Å²) in [5, 5.41) is 59.5. The molecule has 1 aliphatic heterocycles. The number of ether oxygens (including phenoxy) is 3. The molecule has 0 saturated carbocycles. The molecule has 0 bridgehead atoms. The molecule has 1 aliphatic rings. The number of carbonyl (C=O) groups is 1. The van der Waals surface area contributed by atoms with Crippen LogP contribution in [0.3, 0.4) is 0 Å². The molecule has 0 spiro atoms. The number of esters is 1. The van der Waals surface area contributed by atoms with E-state index in [-0.39, 0.29) is 46.3 Å². The molecule has 1 heterocycles. The molecule has 172 valence electrons. The second-order valence-corrected chi connectivity index (χ2v) is 7.42. The first-order valence-corrected chi connectivity index (χ1v) is 9.72. The van der Waals surface area contributed by atoms with Crippen LogP contribution in [0.2, 0.25) is 0 Å². The molecule has 0 aliphatic carbocycles. The molecule has 6 N–H and O–H groups in total. The summed E-state index contributed by atoms with van der Waals surface area (Å²) in [6.07, 6.45) is -2.04. The van der Waals surface area contributed by atoms with E-state index < -0.39 is 35.4 Å². The van der Waals surface area contributed by atoms with Crippen molar-refractivity contribution in [1.29, 1.82) is 0 Å². The van der Waals surface area contributed by atoms with E-state index in [1.165, 1.54) is 31.4 Å². The van der Waals surface area contributed by atoms with Crippen LogP contribution in [0.4, 0.5) is 0 Å². The first-order valence-electron chi connectivity index (χ1n) is 9.72. The number of aromatic hydroxyl groups is 6. The predicted octanol–water partition coefficient (Wildman–Crippen LogP) is 2.83. The van der Waals surface area contributed by atoms with Gasteiger partial charge in [0.25, 0.3) is 0 Å². The van der Waals surface area contributed by atoms with Crippen LogP contribution < -0.4 is 9.47 Å². The topological polar surface area (TPSA) is 166 Å². The van der Waals surface area contributed by atoms with Gasteiger partial charge in [0.1, 0.15) is 23.4 Å². The number of hydrogen-bond donors (Lipinski definition) is 6. The smallest absolute Gasteiger partial charge is 0.338 e. The third kappa shape index (κ3) is 4.05. The van der Waals surface area contributed by atoms with Gasteiger partial charge in [-0.05, 0) is 24.3 Å². The maximum absolute atomic E-state index is 12.8. The van der Waals surface area contributed by atoms with Crippen molar-refractivity contribution in [3.63, 3.8) is 0 Å². The lowest BCUT2D eigenvalue weighted by Crippen LogP contribution is -2.34. The normalized spacial score (nSPS) is 17.0. The number of carbonyl (C=O) groups excluding carboxylic acids is 1. The van der Waals surface area contributed by atoms with Gasteiger partial charge >= 0.3 is 5.97 Å². The van der Waals surface area contributed by atoms with Gasteiger partial charge in [-0.1, -0.05) is 6.07 Å². The van der Waals surface area contributed by atoms with Gasteiger partial charge < -0.3 is 44.8 Å². The summed E-state index contributed by atoms with van der Waals surface area (Å²) in [5.74, 6) is -3.19. The zero-order valence-electron chi connectivity index (χ0n) is 17.2. The Kier molecular flexibility index (Phi) is 5.42. The summed E-state index contributed by atoms with van der Waals surface area (Å²) in [6.45, 7) is 0. The molecule has 10 nitrogen and oxygen atoms in total. The summed E-state index contributed by atoms with van der Waals surface area (Å²) >= 11 is 0. The first-order chi connectivity index (χ1) is 15.7. The zero-order chi connectivity index (χ0) is 23.9. The third-order valence-electron chi connectivity index (χ3n) is 5.24. The van der Waals surface area contributed by atoms with Gasteiger partial charge in [-0.2, -0.15) is 0 Å². The third-order valence-corrected chi connectivity index (χ3v) is 5.24. The number of phenolic OH excluding ortho intramolecular Hbond substituents is 6. The molecule has 0 fully saturated rings. The van der Waals surface area contributed by atoms with E-state index in [1.807, 2.05) is 0 Å². The lowest BCUT2D eigenvalue weighted by Gasteiger charge is -2.34. The van der Waals surface area contributed by atoms with Gasteiger partial charge in [-0.15, -0.1) is 0 Å². The van der Waals surface area contributed by atoms with Crippen molar-refractivity contribution in [3.05, 3.63) is 59.2 Å². The summed E-state index contributed by atoms with van der Waals surface area (Å²) in [5.41, 5.74) is 0.459. The zero-order valence-corrected chi connectivity index (χ0v) is 17.2. The number of rotatable bonds is 4. The van der Waals surface area contributed by atoms with Crippen molar-refractivity contribution in [3.8, 4) is 46.0 Å². The second-order valence-electron chi connectivity index (χ2n) is 7.42. The molecule has 2 atom stereocenters. The van der Waals surface area contributed by atoms with Gasteiger partial charge in [-0.25, -0.2) is 4.79 Å². The van der Waals surface area contributed by atoms with Crippen LogP contribution in [0.15, 0.2) is 42.5 Å². The Morgan fingerprint density at radius 3 is 2.21 bits per heavy atom. The molecule has 0 radical (unpaired) electrons. The average Bonchev–Trinajstić information content (AvgIpc) is 2.75. The SMILES string of the molecule is COc1c(O)cc(C(=O)OC2Cc3c(O)cc(O)cc3OC2c2ccc(O)c(O)c2)cc1O. The number of benzene rings is 3. The Hall–Kier alpha value is -4.47. The minimum absolute atomic E-state index is 0.0202. The van der Waals surface area contributed by atoms with Crippen molar-refractivity contribution < 1.29 is 49.6 Å². The fourth-order valence-electron chi connectivity index (χ4n) is 3.68. The molecular formula is C23H20O10. The van der Waals surface area contributed by atoms with E-state index in [2.05, 4.69) is 0 Å². The van der Waals surface area contributed by atoms with E-state index in [4.69, 9.17) is 14.2 Å². The van der Waals surface area contributed by atoms with Crippen molar-refractivity contribution >= 4 is 5.97 Å². The Balaban J connectivity index is 1.71. The van der Waals surface area contributed by atoms with Crippen LogP contribution in [-0.2, 0) is 11.2 Å². The van der Waals surface area contributed by atoms with Crippen molar-refractivity contribution in [2.45, 2.75) is 18.6 Å². The van der Waals surface area contributed by atoms with Crippen LogP contribution in [0, 0.1) is 0 Å². The highest BCUT2D eigenvalue weighted by Gasteiger charge is 2.37. The Labute approximate surface area is 187 Å². The predicted molar refractivity (Wildman–Crippen MR) is 112 cm³/mol. The molecule has 0 aromatic heterocycles. The molecular weight excluding hydrogens is 436 g/mol. The minimum Gasteiger partial charge on any atom is -0.508 e. The van der Waals surface area contributed by atoms with Crippen LogP contribution in [0.25, 0.3) is 0 Å². The quantitative estimate of drug-likeness (QED) is 0.254. The second kappa shape index (κ2) is 8.23. The number of phenols is 6. The van der Waals surface area contributed by atoms with E-state index in [1.54, 1.807) is 0 Å². The van der Waals surface area contributed by atoms with Gasteiger partial charge in [0.05, 0.1) is 12.7 Å². The number of hydrogen-bond acceptors (Lipinski definition) is 10. The van der Waals surface area contributed by atoms with E-state index >= 15 is 0 Å². The van der Waals surface area contributed by atoms with Crippen molar-refractivity contribution in [2.75, 3.05) is 7.11 Å². The molecule has 4 rings (SSSR count). The molecule has 33 heavy (non-hydrogen) atoms. The molecule has 2 unspecified atom stereocenters. The van der Waals surface area contributed by atoms with Crippen LogP contribution >= 0.6 is 0 Å². The summed E-state index contributed by atoms with van der Waals surface area (Å²) in [4.78, 5) is 12.8. The maximum Gasteiger partial charge on any atom is 0.338 e. The van der Waals surface area contributed by atoms with E-state index in [9.17, 15) is 35.4 Å². The van der Waals surface area contributed by atoms with Crippen LogP contribution in [-0.4, -0.2) is 49.8 Å².